The topological polar surface area (TPSA) is 61.9 Å². The second-order valence-electron chi connectivity index (χ2n) is 11.5. The highest BCUT2D eigenvalue weighted by molar-refractivity contribution is 5.79. The number of anilines is 1. The molecule has 2 heterocycles. The van der Waals surface area contributed by atoms with Crippen LogP contribution in [0.3, 0.4) is 0 Å². The first-order chi connectivity index (χ1) is 17.7. The molecule has 1 spiro atoms. The average Bonchev–Trinajstić information content (AvgIpc) is 3.19. The Morgan fingerprint density at radius 1 is 0.973 bits per heavy atom. The third-order valence-corrected chi connectivity index (χ3v) is 8.92. The van der Waals surface area contributed by atoms with Gasteiger partial charge in [0.25, 0.3) is 0 Å². The molecule has 2 aliphatic carbocycles. The predicted molar refractivity (Wildman–Crippen MR) is 134 cm³/mol. The molecule has 4 fully saturated rings. The van der Waals surface area contributed by atoms with Gasteiger partial charge in [0.15, 0.2) is 0 Å². The summed E-state index contributed by atoms with van der Waals surface area (Å²) < 4.78 is 44.5. The van der Waals surface area contributed by atoms with E-state index in [9.17, 15) is 22.8 Å². The first-order valence-electron chi connectivity index (χ1n) is 13.9. The number of alkyl halides is 3. The first-order valence-corrected chi connectivity index (χ1v) is 13.9. The van der Waals surface area contributed by atoms with Crippen molar-refractivity contribution in [2.75, 3.05) is 31.1 Å². The van der Waals surface area contributed by atoms with Crippen molar-refractivity contribution in [1.82, 2.24) is 10.2 Å². The summed E-state index contributed by atoms with van der Waals surface area (Å²) in [7, 11) is 0. The Hall–Kier alpha value is -2.45. The van der Waals surface area contributed by atoms with Crippen LogP contribution in [0.2, 0.25) is 0 Å². The standard InChI is InChI=1S/C28H38F3N3O3/c29-28(30,31)22-10-12-24(13-11-22)33-16-14-27(15-17-33)19-34(26(36)37-27)18-20-6-8-21(9-7-20)25(35)32-23-4-2-1-3-5-23/h10-13,20-21,23H,1-9,14-19H2,(H,32,35). The summed E-state index contributed by atoms with van der Waals surface area (Å²) in [6.45, 7) is 2.50. The fourth-order valence-corrected chi connectivity index (χ4v) is 6.61. The SMILES string of the molecule is O=C(NC1CCCCC1)C1CCC(CN2CC3(CCN(c4ccc(C(F)(F)F)cc4)CC3)OC2=O)CC1. The van der Waals surface area contributed by atoms with Crippen molar-refractivity contribution in [2.45, 2.75) is 88.4 Å². The van der Waals surface area contributed by atoms with Crippen molar-refractivity contribution in [3.05, 3.63) is 29.8 Å². The summed E-state index contributed by atoms with van der Waals surface area (Å²) >= 11 is 0. The normalized spacial score (nSPS) is 26.8. The minimum absolute atomic E-state index is 0.0876. The maximum atomic E-state index is 12.9. The van der Waals surface area contributed by atoms with Gasteiger partial charge < -0.3 is 19.9 Å². The first kappa shape index (κ1) is 26.2. The van der Waals surface area contributed by atoms with Gasteiger partial charge in [0, 0.05) is 50.1 Å². The van der Waals surface area contributed by atoms with Gasteiger partial charge >= 0.3 is 12.3 Å². The van der Waals surface area contributed by atoms with Gasteiger partial charge in [-0.1, -0.05) is 19.3 Å². The second kappa shape index (κ2) is 10.7. The highest BCUT2D eigenvalue weighted by atomic mass is 19.4. The lowest BCUT2D eigenvalue weighted by molar-refractivity contribution is -0.137. The summed E-state index contributed by atoms with van der Waals surface area (Å²) in [5.41, 5.74) is -0.409. The molecule has 4 aliphatic rings. The van der Waals surface area contributed by atoms with Crippen LogP contribution < -0.4 is 10.2 Å². The van der Waals surface area contributed by atoms with Crippen LogP contribution in [0.5, 0.6) is 0 Å². The van der Waals surface area contributed by atoms with Crippen LogP contribution in [0.25, 0.3) is 0 Å². The molecular formula is C28H38F3N3O3. The molecule has 1 aromatic rings. The molecule has 1 aromatic carbocycles. The van der Waals surface area contributed by atoms with E-state index in [0.717, 1.165) is 56.3 Å². The van der Waals surface area contributed by atoms with Crippen molar-refractivity contribution >= 4 is 17.7 Å². The van der Waals surface area contributed by atoms with Gasteiger partial charge in [0.2, 0.25) is 5.91 Å². The molecule has 2 saturated carbocycles. The molecule has 0 radical (unpaired) electrons. The Bertz CT molecular complexity index is 946. The maximum Gasteiger partial charge on any atom is 0.416 e. The number of benzene rings is 1. The van der Waals surface area contributed by atoms with E-state index in [0.29, 0.717) is 51.0 Å². The van der Waals surface area contributed by atoms with Gasteiger partial charge in [-0.2, -0.15) is 13.2 Å². The highest BCUT2D eigenvalue weighted by Gasteiger charge is 2.47. The number of hydrogen-bond donors (Lipinski definition) is 1. The minimum Gasteiger partial charge on any atom is -0.441 e. The fraction of sp³-hybridized carbons (Fsp3) is 0.714. The zero-order chi connectivity index (χ0) is 26.0. The summed E-state index contributed by atoms with van der Waals surface area (Å²) in [6, 6.07) is 5.61. The molecule has 5 rings (SSSR count). The molecule has 6 nitrogen and oxygen atoms in total. The highest BCUT2D eigenvalue weighted by Crippen LogP contribution is 2.38. The van der Waals surface area contributed by atoms with Crippen molar-refractivity contribution in [1.29, 1.82) is 0 Å². The molecule has 0 aromatic heterocycles. The van der Waals surface area contributed by atoms with Crippen LogP contribution in [-0.2, 0) is 15.7 Å². The van der Waals surface area contributed by atoms with E-state index in [1.807, 2.05) is 4.90 Å². The molecular weight excluding hydrogens is 483 g/mol. The van der Waals surface area contributed by atoms with Crippen LogP contribution in [0.4, 0.5) is 23.7 Å². The number of carbonyl (C=O) groups excluding carboxylic acids is 2. The molecule has 0 bridgehead atoms. The third kappa shape index (κ3) is 6.17. The maximum absolute atomic E-state index is 12.9. The molecule has 9 heteroatoms. The number of ether oxygens (including phenoxy) is 1. The van der Waals surface area contributed by atoms with Crippen molar-refractivity contribution in [3.63, 3.8) is 0 Å². The van der Waals surface area contributed by atoms with Crippen molar-refractivity contribution in [2.24, 2.45) is 11.8 Å². The van der Waals surface area contributed by atoms with E-state index < -0.39 is 17.3 Å². The molecule has 1 N–H and O–H groups in total. The Balaban J connectivity index is 1.07. The van der Waals surface area contributed by atoms with Gasteiger partial charge in [0.05, 0.1) is 12.1 Å². The van der Waals surface area contributed by atoms with E-state index in [1.165, 1.54) is 31.4 Å². The minimum atomic E-state index is -4.34. The van der Waals surface area contributed by atoms with Crippen LogP contribution in [0, 0.1) is 11.8 Å². The molecule has 2 saturated heterocycles. The van der Waals surface area contributed by atoms with Crippen LogP contribution >= 0.6 is 0 Å². The van der Waals surface area contributed by atoms with Gasteiger partial charge in [-0.05, 0) is 68.7 Å². The van der Waals surface area contributed by atoms with Crippen molar-refractivity contribution < 1.29 is 27.5 Å². The van der Waals surface area contributed by atoms with E-state index in [4.69, 9.17) is 4.74 Å². The smallest absolute Gasteiger partial charge is 0.416 e. The van der Waals surface area contributed by atoms with Crippen LogP contribution in [-0.4, -0.2) is 54.7 Å². The van der Waals surface area contributed by atoms with E-state index in [2.05, 4.69) is 10.2 Å². The molecule has 2 aliphatic heterocycles. The summed E-state index contributed by atoms with van der Waals surface area (Å²) in [5, 5.41) is 3.27. The summed E-state index contributed by atoms with van der Waals surface area (Å²) in [6.07, 6.45) is 6.23. The van der Waals surface area contributed by atoms with Gasteiger partial charge in [-0.25, -0.2) is 4.79 Å². The molecule has 204 valence electrons. The molecule has 2 amide bonds. The lowest BCUT2D eigenvalue weighted by Crippen LogP contribution is -2.47. The average molecular weight is 522 g/mol. The van der Waals surface area contributed by atoms with Crippen LogP contribution in [0.15, 0.2) is 24.3 Å². The van der Waals surface area contributed by atoms with Gasteiger partial charge in [-0.15, -0.1) is 0 Å². The van der Waals surface area contributed by atoms with Crippen LogP contribution in [0.1, 0.15) is 76.2 Å². The monoisotopic (exact) mass is 521 g/mol. The van der Waals surface area contributed by atoms with E-state index >= 15 is 0 Å². The Morgan fingerprint density at radius 3 is 2.24 bits per heavy atom. The molecule has 0 atom stereocenters. The zero-order valence-corrected chi connectivity index (χ0v) is 21.4. The number of nitrogens with one attached hydrogen (secondary N) is 1. The Labute approximate surface area is 216 Å². The lowest BCUT2D eigenvalue weighted by atomic mass is 9.81. The number of nitrogens with zero attached hydrogens (tertiary/aromatic N) is 2. The van der Waals surface area contributed by atoms with E-state index in [-0.39, 0.29) is 17.9 Å². The number of rotatable bonds is 5. The van der Waals surface area contributed by atoms with Gasteiger partial charge in [-0.3, -0.25) is 4.79 Å². The predicted octanol–water partition coefficient (Wildman–Crippen LogP) is 5.75. The Morgan fingerprint density at radius 2 is 1.62 bits per heavy atom. The summed E-state index contributed by atoms with van der Waals surface area (Å²) in [5.74, 6) is 0.683. The zero-order valence-electron chi connectivity index (χ0n) is 21.4. The largest absolute Gasteiger partial charge is 0.441 e. The van der Waals surface area contributed by atoms with E-state index in [1.54, 1.807) is 0 Å². The Kier molecular flexibility index (Phi) is 7.59. The molecule has 37 heavy (non-hydrogen) atoms. The quantitative estimate of drug-likeness (QED) is 0.536. The fourth-order valence-electron chi connectivity index (χ4n) is 6.61. The lowest BCUT2D eigenvalue weighted by Gasteiger charge is -2.38. The summed E-state index contributed by atoms with van der Waals surface area (Å²) in [4.78, 5) is 29.3. The number of amides is 2. The third-order valence-electron chi connectivity index (χ3n) is 8.92. The number of piperidine rings is 1. The van der Waals surface area contributed by atoms with Crippen molar-refractivity contribution in [3.8, 4) is 0 Å². The molecule has 0 unspecified atom stereocenters. The number of hydrogen-bond acceptors (Lipinski definition) is 4. The number of carbonyl (C=O) groups is 2. The number of halogens is 3. The van der Waals surface area contributed by atoms with Gasteiger partial charge in [0.1, 0.15) is 5.60 Å². The second-order valence-corrected chi connectivity index (χ2v) is 11.5.